The number of rotatable bonds is 7. The van der Waals surface area contributed by atoms with Gasteiger partial charge in [0.1, 0.15) is 5.75 Å². The van der Waals surface area contributed by atoms with Crippen LogP contribution in [0.1, 0.15) is 11.1 Å². The maximum Gasteiger partial charge on any atom is 0.277 e. The topological polar surface area (TPSA) is 50.7 Å². The Hall–Kier alpha value is -3.37. The number of carbonyl (C=O) groups is 1. The number of carbonyl (C=O) groups excluding carboxylic acids is 1. The summed E-state index contributed by atoms with van der Waals surface area (Å²) in [5.74, 6) is 0.215. The lowest BCUT2D eigenvalue weighted by Crippen LogP contribution is -2.25. The average molecular weight is 391 g/mol. The van der Waals surface area contributed by atoms with Crippen LogP contribution in [0, 0.1) is 0 Å². The van der Waals surface area contributed by atoms with Gasteiger partial charge in [-0.25, -0.2) is 5.43 Å². The molecule has 3 aromatic carbocycles. The first-order chi connectivity index (χ1) is 13.7. The van der Waals surface area contributed by atoms with Crippen LogP contribution >= 0.6 is 11.6 Å². The van der Waals surface area contributed by atoms with Crippen molar-refractivity contribution in [3.63, 3.8) is 0 Å². The summed E-state index contributed by atoms with van der Waals surface area (Å²) in [6.45, 7) is -0.143. The van der Waals surface area contributed by atoms with Crippen molar-refractivity contribution in [3.05, 3.63) is 107 Å². The van der Waals surface area contributed by atoms with E-state index in [1.54, 1.807) is 24.3 Å². The third-order valence-corrected chi connectivity index (χ3v) is 4.04. The number of hydrogen-bond donors (Lipinski definition) is 1. The van der Waals surface area contributed by atoms with E-state index in [1.807, 2.05) is 72.8 Å². The van der Waals surface area contributed by atoms with E-state index in [2.05, 4.69) is 10.5 Å². The molecular formula is C23H19ClN2O2. The van der Waals surface area contributed by atoms with Crippen LogP contribution in [0.25, 0.3) is 6.08 Å². The molecule has 4 nitrogen and oxygen atoms in total. The van der Waals surface area contributed by atoms with Gasteiger partial charge in [0.15, 0.2) is 6.61 Å². The summed E-state index contributed by atoms with van der Waals surface area (Å²) in [5, 5.41) is 4.87. The van der Waals surface area contributed by atoms with Gasteiger partial charge in [0.2, 0.25) is 0 Å². The minimum absolute atomic E-state index is 0.143. The Balaban J connectivity index is 1.67. The zero-order valence-electron chi connectivity index (χ0n) is 15.1. The lowest BCUT2D eigenvalue weighted by molar-refractivity contribution is -0.123. The molecule has 5 heteroatoms. The van der Waals surface area contributed by atoms with Gasteiger partial charge in [-0.15, -0.1) is 0 Å². The number of halogens is 1. The van der Waals surface area contributed by atoms with Crippen LogP contribution in [0.3, 0.4) is 0 Å². The third kappa shape index (κ3) is 6.11. The molecular weight excluding hydrogens is 372 g/mol. The highest BCUT2D eigenvalue weighted by Crippen LogP contribution is 2.15. The van der Waals surface area contributed by atoms with E-state index < -0.39 is 0 Å². The fraction of sp³-hybridized carbons (Fsp3) is 0.0435. The number of benzene rings is 3. The van der Waals surface area contributed by atoms with E-state index in [4.69, 9.17) is 16.3 Å². The van der Waals surface area contributed by atoms with Crippen molar-refractivity contribution in [2.24, 2.45) is 5.10 Å². The number of hydrazone groups is 1. The molecule has 0 fully saturated rings. The van der Waals surface area contributed by atoms with Gasteiger partial charge < -0.3 is 4.74 Å². The molecule has 0 radical (unpaired) electrons. The molecule has 0 unspecified atom stereocenters. The molecule has 0 aliphatic rings. The van der Waals surface area contributed by atoms with Crippen molar-refractivity contribution in [3.8, 4) is 5.75 Å². The Morgan fingerprint density at radius 1 is 0.929 bits per heavy atom. The lowest BCUT2D eigenvalue weighted by Gasteiger charge is -2.06. The Kier molecular flexibility index (Phi) is 6.99. The summed E-state index contributed by atoms with van der Waals surface area (Å²) >= 11 is 5.83. The molecule has 1 amide bonds. The number of amides is 1. The van der Waals surface area contributed by atoms with Gasteiger partial charge in [0.25, 0.3) is 5.91 Å². The molecule has 3 rings (SSSR count). The highest BCUT2D eigenvalue weighted by molar-refractivity contribution is 6.30. The normalized spacial score (nSPS) is 11.4. The SMILES string of the molecule is O=C(COc1ccc(Cl)cc1)NN=C(/C=C\c1ccccc1)c1ccccc1. The summed E-state index contributed by atoms with van der Waals surface area (Å²) in [5.41, 5.74) is 5.13. The van der Waals surface area contributed by atoms with Crippen molar-refractivity contribution in [2.75, 3.05) is 6.61 Å². The number of allylic oxidation sites excluding steroid dienone is 1. The van der Waals surface area contributed by atoms with Crippen LogP contribution in [0.5, 0.6) is 5.75 Å². The van der Waals surface area contributed by atoms with Gasteiger partial charge in [-0.3, -0.25) is 4.79 Å². The summed E-state index contributed by atoms with van der Waals surface area (Å²) < 4.78 is 5.43. The van der Waals surface area contributed by atoms with Crippen LogP contribution in [-0.2, 0) is 4.79 Å². The van der Waals surface area contributed by atoms with Crippen molar-refractivity contribution < 1.29 is 9.53 Å². The standard InChI is InChI=1S/C23H19ClN2O2/c24-20-12-14-21(15-13-20)28-17-23(27)26-25-22(19-9-5-2-6-10-19)16-11-18-7-3-1-4-8-18/h1-16H,17H2,(H,26,27)/b16-11-,25-22?. The van der Waals surface area contributed by atoms with Crippen LogP contribution in [0.4, 0.5) is 0 Å². The van der Waals surface area contributed by atoms with Crippen LogP contribution in [0.15, 0.2) is 96.1 Å². The molecule has 140 valence electrons. The third-order valence-electron chi connectivity index (χ3n) is 3.79. The molecule has 0 spiro atoms. The fourth-order valence-corrected chi connectivity index (χ4v) is 2.51. The lowest BCUT2D eigenvalue weighted by atomic mass is 10.1. The van der Waals surface area contributed by atoms with Gasteiger partial charge in [-0.05, 0) is 35.9 Å². The zero-order valence-corrected chi connectivity index (χ0v) is 15.8. The molecule has 0 heterocycles. The van der Waals surface area contributed by atoms with E-state index in [-0.39, 0.29) is 12.5 Å². The second-order valence-corrected chi connectivity index (χ2v) is 6.32. The summed E-state index contributed by atoms with van der Waals surface area (Å²) in [4.78, 5) is 12.1. The smallest absolute Gasteiger partial charge is 0.277 e. The summed E-state index contributed by atoms with van der Waals surface area (Å²) in [6.07, 6.45) is 3.81. The highest BCUT2D eigenvalue weighted by Gasteiger charge is 2.04. The first-order valence-electron chi connectivity index (χ1n) is 8.74. The quantitative estimate of drug-likeness (QED) is 0.458. The van der Waals surface area contributed by atoms with E-state index in [9.17, 15) is 4.79 Å². The minimum Gasteiger partial charge on any atom is -0.484 e. The largest absolute Gasteiger partial charge is 0.484 e. The Labute approximate surface area is 169 Å². The second-order valence-electron chi connectivity index (χ2n) is 5.88. The first kappa shape index (κ1) is 19.4. The second kappa shape index (κ2) is 10.1. The molecule has 0 aliphatic heterocycles. The summed E-state index contributed by atoms with van der Waals surface area (Å²) in [7, 11) is 0. The molecule has 0 aliphatic carbocycles. The Morgan fingerprint density at radius 3 is 2.25 bits per heavy atom. The number of ether oxygens (including phenoxy) is 1. The minimum atomic E-state index is -0.350. The highest BCUT2D eigenvalue weighted by atomic mass is 35.5. The van der Waals surface area contributed by atoms with Crippen molar-refractivity contribution in [1.29, 1.82) is 0 Å². The van der Waals surface area contributed by atoms with E-state index in [0.29, 0.717) is 16.5 Å². The number of nitrogens with one attached hydrogen (secondary N) is 1. The van der Waals surface area contributed by atoms with Gasteiger partial charge in [-0.2, -0.15) is 5.10 Å². The van der Waals surface area contributed by atoms with Crippen molar-refractivity contribution in [1.82, 2.24) is 5.43 Å². The van der Waals surface area contributed by atoms with Crippen LogP contribution in [-0.4, -0.2) is 18.2 Å². The number of nitrogens with zero attached hydrogens (tertiary/aromatic N) is 1. The van der Waals surface area contributed by atoms with E-state index in [1.165, 1.54) is 0 Å². The molecule has 28 heavy (non-hydrogen) atoms. The Morgan fingerprint density at radius 2 is 1.57 bits per heavy atom. The molecule has 0 aromatic heterocycles. The van der Waals surface area contributed by atoms with Crippen molar-refractivity contribution in [2.45, 2.75) is 0 Å². The van der Waals surface area contributed by atoms with Gasteiger partial charge in [0.05, 0.1) is 5.71 Å². The van der Waals surface area contributed by atoms with Gasteiger partial charge >= 0.3 is 0 Å². The molecule has 3 aromatic rings. The van der Waals surface area contributed by atoms with Gasteiger partial charge in [-0.1, -0.05) is 78.3 Å². The molecule has 0 bridgehead atoms. The average Bonchev–Trinajstić information content (AvgIpc) is 2.75. The van der Waals surface area contributed by atoms with E-state index >= 15 is 0 Å². The maximum atomic E-state index is 12.1. The van der Waals surface area contributed by atoms with Crippen LogP contribution in [0.2, 0.25) is 5.02 Å². The molecule has 0 atom stereocenters. The molecule has 0 saturated heterocycles. The Bertz CT molecular complexity index is 953. The first-order valence-corrected chi connectivity index (χ1v) is 9.12. The fourth-order valence-electron chi connectivity index (χ4n) is 2.38. The predicted molar refractivity (Wildman–Crippen MR) is 114 cm³/mol. The maximum absolute atomic E-state index is 12.1. The predicted octanol–water partition coefficient (Wildman–Crippen LogP) is 4.95. The molecule has 0 saturated carbocycles. The van der Waals surface area contributed by atoms with E-state index in [0.717, 1.165) is 11.1 Å². The number of hydrogen-bond acceptors (Lipinski definition) is 3. The summed E-state index contributed by atoms with van der Waals surface area (Å²) in [6, 6.07) is 26.4. The van der Waals surface area contributed by atoms with Gasteiger partial charge in [0, 0.05) is 10.6 Å². The van der Waals surface area contributed by atoms with Crippen LogP contribution < -0.4 is 10.2 Å². The van der Waals surface area contributed by atoms with Crippen molar-refractivity contribution >= 4 is 29.3 Å². The monoisotopic (exact) mass is 390 g/mol. The molecule has 1 N–H and O–H groups in total. The zero-order chi connectivity index (χ0) is 19.6.